The number of unbranched alkanes of at least 4 members (excludes halogenated alkanes) is 2. The van der Waals surface area contributed by atoms with Gasteiger partial charge in [-0.25, -0.2) is 4.18 Å². The van der Waals surface area contributed by atoms with Crippen LogP contribution in [0.3, 0.4) is 0 Å². The third-order valence-electron chi connectivity index (χ3n) is 2.00. The third-order valence-corrected chi connectivity index (χ3v) is 2.51. The van der Waals surface area contributed by atoms with Crippen molar-refractivity contribution in [2.75, 3.05) is 0 Å². The topological polar surface area (TPSA) is 63.6 Å². The summed E-state index contributed by atoms with van der Waals surface area (Å²) >= 11 is 0. The van der Waals surface area contributed by atoms with Gasteiger partial charge in [0.15, 0.2) is 0 Å². The smallest absolute Gasteiger partial charge is 0.264 e. The van der Waals surface area contributed by atoms with Crippen LogP contribution in [0.1, 0.15) is 52.4 Å². The van der Waals surface area contributed by atoms with Crippen LogP contribution in [0.25, 0.3) is 0 Å². The quantitative estimate of drug-likeness (QED) is 0.508. The van der Waals surface area contributed by atoms with Crippen LogP contribution in [0.4, 0.5) is 0 Å². The van der Waals surface area contributed by atoms with E-state index in [0.29, 0.717) is 12.8 Å². The molecule has 86 valence electrons. The third kappa shape index (κ3) is 8.47. The molecule has 0 fully saturated rings. The molecule has 1 N–H and O–H groups in total. The zero-order valence-electron chi connectivity index (χ0n) is 8.90. The highest BCUT2D eigenvalue weighted by molar-refractivity contribution is 7.80. The maximum Gasteiger partial charge on any atom is 0.397 e. The molecule has 0 bridgehead atoms. The van der Waals surface area contributed by atoms with E-state index in [4.69, 9.17) is 4.55 Å². The number of hydrogen-bond donors (Lipinski definition) is 1. The van der Waals surface area contributed by atoms with Crippen LogP contribution in [0, 0.1) is 0 Å². The molecular formula is C9H20O4S. The molecule has 0 saturated carbocycles. The molecule has 0 aromatic heterocycles. The highest BCUT2D eigenvalue weighted by Crippen LogP contribution is 2.13. The molecule has 1 unspecified atom stereocenters. The van der Waals surface area contributed by atoms with E-state index in [1.54, 1.807) is 0 Å². The van der Waals surface area contributed by atoms with Gasteiger partial charge in [0.25, 0.3) is 0 Å². The Morgan fingerprint density at radius 2 is 1.79 bits per heavy atom. The van der Waals surface area contributed by atoms with Gasteiger partial charge in [-0.3, -0.25) is 4.55 Å². The van der Waals surface area contributed by atoms with Crippen LogP contribution in [-0.4, -0.2) is 19.1 Å². The molecule has 0 aromatic carbocycles. The van der Waals surface area contributed by atoms with Crippen LogP contribution < -0.4 is 0 Å². The van der Waals surface area contributed by atoms with E-state index in [1.807, 2.05) is 6.92 Å². The van der Waals surface area contributed by atoms with E-state index in [2.05, 4.69) is 11.1 Å². The van der Waals surface area contributed by atoms with Crippen LogP contribution in [-0.2, 0) is 14.6 Å². The van der Waals surface area contributed by atoms with Crippen LogP contribution in [0.5, 0.6) is 0 Å². The molecule has 0 radical (unpaired) electrons. The summed E-state index contributed by atoms with van der Waals surface area (Å²) in [6.45, 7) is 4.04. The fourth-order valence-electron chi connectivity index (χ4n) is 1.36. The highest BCUT2D eigenvalue weighted by Gasteiger charge is 2.15. The lowest BCUT2D eigenvalue weighted by atomic mass is 10.1. The van der Waals surface area contributed by atoms with Gasteiger partial charge in [-0.05, 0) is 12.8 Å². The Labute approximate surface area is 86.6 Å². The van der Waals surface area contributed by atoms with Crippen LogP contribution >= 0.6 is 0 Å². The van der Waals surface area contributed by atoms with Crippen molar-refractivity contribution in [3.63, 3.8) is 0 Å². The van der Waals surface area contributed by atoms with Gasteiger partial charge in [-0.2, -0.15) is 8.42 Å². The molecule has 1 atom stereocenters. The minimum absolute atomic E-state index is 0.360. The summed E-state index contributed by atoms with van der Waals surface area (Å²) in [7, 11) is -4.28. The van der Waals surface area contributed by atoms with Crippen molar-refractivity contribution in [2.24, 2.45) is 0 Å². The summed E-state index contributed by atoms with van der Waals surface area (Å²) in [5.41, 5.74) is 0. The van der Waals surface area contributed by atoms with Gasteiger partial charge in [0.1, 0.15) is 0 Å². The zero-order chi connectivity index (χ0) is 11.0. The molecule has 5 heteroatoms. The second kappa shape index (κ2) is 7.20. The second-order valence-electron chi connectivity index (χ2n) is 3.43. The van der Waals surface area contributed by atoms with Crippen molar-refractivity contribution in [1.29, 1.82) is 0 Å². The Hall–Kier alpha value is -0.130. The number of hydrogen-bond acceptors (Lipinski definition) is 3. The standard InChI is InChI=1S/C9H20O4S/c1-3-5-6-8-9(7-4-2)13-14(10,11)12/h9H,3-8H2,1-2H3,(H,10,11,12). The first-order valence-electron chi connectivity index (χ1n) is 5.15. The van der Waals surface area contributed by atoms with Crippen LogP contribution in [0.2, 0.25) is 0 Å². The predicted molar refractivity (Wildman–Crippen MR) is 55.5 cm³/mol. The summed E-state index contributed by atoms with van der Waals surface area (Å²) in [5.74, 6) is 0. The average Bonchev–Trinajstić information content (AvgIpc) is 2.02. The van der Waals surface area contributed by atoms with Crippen molar-refractivity contribution in [3.05, 3.63) is 0 Å². The van der Waals surface area contributed by atoms with E-state index >= 15 is 0 Å². The van der Waals surface area contributed by atoms with Crippen LogP contribution in [0.15, 0.2) is 0 Å². The lowest BCUT2D eigenvalue weighted by molar-refractivity contribution is 0.160. The lowest BCUT2D eigenvalue weighted by Crippen LogP contribution is -2.17. The fourth-order valence-corrected chi connectivity index (χ4v) is 1.89. The Bertz CT molecular complexity index is 223. The minimum Gasteiger partial charge on any atom is -0.264 e. The largest absolute Gasteiger partial charge is 0.397 e. The first-order valence-corrected chi connectivity index (χ1v) is 6.51. The molecule has 0 rings (SSSR count). The van der Waals surface area contributed by atoms with Gasteiger partial charge in [0.05, 0.1) is 6.10 Å². The second-order valence-corrected chi connectivity index (χ2v) is 4.48. The number of rotatable bonds is 8. The van der Waals surface area contributed by atoms with Gasteiger partial charge in [0, 0.05) is 0 Å². The predicted octanol–water partition coefficient (Wildman–Crippen LogP) is 2.55. The van der Waals surface area contributed by atoms with E-state index in [0.717, 1.165) is 25.7 Å². The Morgan fingerprint density at radius 1 is 1.14 bits per heavy atom. The van der Waals surface area contributed by atoms with Gasteiger partial charge in [-0.1, -0.05) is 39.5 Å². The first-order chi connectivity index (χ1) is 6.49. The monoisotopic (exact) mass is 224 g/mol. The van der Waals surface area contributed by atoms with Crippen molar-refractivity contribution in [2.45, 2.75) is 58.5 Å². The summed E-state index contributed by atoms with van der Waals surface area (Å²) in [4.78, 5) is 0. The SMILES string of the molecule is CCCCCC(CCC)OS(=O)(=O)O. The minimum atomic E-state index is -4.28. The molecule has 14 heavy (non-hydrogen) atoms. The highest BCUT2D eigenvalue weighted by atomic mass is 32.3. The van der Waals surface area contributed by atoms with Gasteiger partial charge in [-0.15, -0.1) is 0 Å². The lowest BCUT2D eigenvalue weighted by Gasteiger charge is -2.13. The molecular weight excluding hydrogens is 204 g/mol. The molecule has 0 aliphatic rings. The molecule has 0 heterocycles. The van der Waals surface area contributed by atoms with E-state index < -0.39 is 10.4 Å². The maximum atomic E-state index is 10.5. The fraction of sp³-hybridized carbons (Fsp3) is 1.00. The summed E-state index contributed by atoms with van der Waals surface area (Å²) < 4.78 is 34.0. The van der Waals surface area contributed by atoms with Crippen molar-refractivity contribution in [3.8, 4) is 0 Å². The summed E-state index contributed by atoms with van der Waals surface area (Å²) in [6.07, 6.45) is 4.95. The molecule has 4 nitrogen and oxygen atoms in total. The molecule has 0 saturated heterocycles. The van der Waals surface area contributed by atoms with Crippen molar-refractivity contribution >= 4 is 10.4 Å². The first kappa shape index (κ1) is 13.9. The molecule has 0 aromatic rings. The molecule has 0 spiro atoms. The Kier molecular flexibility index (Phi) is 7.13. The summed E-state index contributed by atoms with van der Waals surface area (Å²) in [6, 6.07) is 0. The molecule has 0 amide bonds. The Balaban J connectivity index is 3.89. The van der Waals surface area contributed by atoms with Crippen molar-refractivity contribution < 1.29 is 17.2 Å². The average molecular weight is 224 g/mol. The van der Waals surface area contributed by atoms with Gasteiger partial charge < -0.3 is 0 Å². The summed E-state index contributed by atoms with van der Waals surface area (Å²) in [5, 5.41) is 0. The maximum absolute atomic E-state index is 10.5. The molecule has 0 aliphatic carbocycles. The van der Waals surface area contributed by atoms with E-state index in [9.17, 15) is 8.42 Å². The van der Waals surface area contributed by atoms with Gasteiger partial charge in [0.2, 0.25) is 0 Å². The Morgan fingerprint density at radius 3 is 2.21 bits per heavy atom. The normalized spacial score (nSPS) is 14.2. The van der Waals surface area contributed by atoms with Crippen molar-refractivity contribution in [1.82, 2.24) is 0 Å². The zero-order valence-corrected chi connectivity index (χ0v) is 9.72. The molecule has 0 aliphatic heterocycles. The van der Waals surface area contributed by atoms with E-state index in [1.165, 1.54) is 0 Å². The van der Waals surface area contributed by atoms with Gasteiger partial charge >= 0.3 is 10.4 Å². The van der Waals surface area contributed by atoms with E-state index in [-0.39, 0.29) is 6.10 Å².